The fraction of sp³-hybridized carbons (Fsp3) is 0.0833. The monoisotopic (exact) mass is 211 g/mol. The number of hydrogen-bond acceptors (Lipinski definition) is 3. The van der Waals surface area contributed by atoms with Crippen LogP contribution in [0.2, 0.25) is 0 Å². The third-order valence-corrected chi connectivity index (χ3v) is 2.26. The van der Waals surface area contributed by atoms with E-state index in [1.807, 2.05) is 12.1 Å². The summed E-state index contributed by atoms with van der Waals surface area (Å²) in [5.41, 5.74) is 1.59. The zero-order valence-corrected chi connectivity index (χ0v) is 8.50. The van der Waals surface area contributed by atoms with E-state index in [-0.39, 0.29) is 0 Å². The molecule has 4 heteroatoms. The Morgan fingerprint density at radius 2 is 2.38 bits per heavy atom. The van der Waals surface area contributed by atoms with Gasteiger partial charge in [0.2, 0.25) is 0 Å². The highest BCUT2D eigenvalue weighted by Gasteiger charge is 2.02. The lowest BCUT2D eigenvalue weighted by atomic mass is 10.1. The number of carbonyl (C=O) groups is 1. The van der Waals surface area contributed by atoms with Crippen LogP contribution in [0.25, 0.3) is 0 Å². The highest BCUT2D eigenvalue weighted by molar-refractivity contribution is 5.69. The van der Waals surface area contributed by atoms with Crippen molar-refractivity contribution in [1.82, 2.24) is 9.55 Å². The van der Waals surface area contributed by atoms with E-state index in [0.29, 0.717) is 24.2 Å². The van der Waals surface area contributed by atoms with Crippen LogP contribution in [0.4, 0.5) is 0 Å². The second kappa shape index (κ2) is 4.41. The molecule has 0 aliphatic heterocycles. The molecule has 78 valence electrons. The molecular weight excluding hydrogens is 202 g/mol. The summed E-state index contributed by atoms with van der Waals surface area (Å²) >= 11 is 0. The van der Waals surface area contributed by atoms with Gasteiger partial charge in [0.1, 0.15) is 0 Å². The average molecular weight is 211 g/mol. The van der Waals surface area contributed by atoms with Crippen molar-refractivity contribution in [2.24, 2.45) is 0 Å². The van der Waals surface area contributed by atoms with Crippen LogP contribution in [0.1, 0.15) is 21.7 Å². The number of rotatable bonds is 3. The van der Waals surface area contributed by atoms with Crippen LogP contribution in [0.15, 0.2) is 36.7 Å². The molecule has 1 heterocycles. The molecule has 0 bridgehead atoms. The number of carbonyl (C=O) groups excluding carboxylic acids is 1. The van der Waals surface area contributed by atoms with E-state index >= 15 is 0 Å². The van der Waals surface area contributed by atoms with E-state index < -0.39 is 0 Å². The second-order valence-corrected chi connectivity index (χ2v) is 3.34. The van der Waals surface area contributed by atoms with Crippen LogP contribution in [-0.4, -0.2) is 15.8 Å². The predicted molar refractivity (Wildman–Crippen MR) is 57.9 cm³/mol. The van der Waals surface area contributed by atoms with Crippen molar-refractivity contribution in [2.45, 2.75) is 6.54 Å². The van der Waals surface area contributed by atoms with Gasteiger partial charge in [-0.25, -0.2) is 4.98 Å². The minimum absolute atomic E-state index is 0.391. The Labute approximate surface area is 92.8 Å². The highest BCUT2D eigenvalue weighted by atomic mass is 16.1. The number of imidazole rings is 1. The molecule has 0 aliphatic carbocycles. The van der Waals surface area contributed by atoms with Crippen molar-refractivity contribution in [3.05, 3.63) is 53.6 Å². The van der Waals surface area contributed by atoms with Gasteiger partial charge in [0, 0.05) is 18.9 Å². The van der Waals surface area contributed by atoms with Crippen molar-refractivity contribution < 1.29 is 4.79 Å². The Hall–Kier alpha value is -2.41. The number of nitriles is 1. The Balaban J connectivity index is 2.27. The average Bonchev–Trinajstić information content (AvgIpc) is 2.76. The van der Waals surface area contributed by atoms with Gasteiger partial charge < -0.3 is 4.57 Å². The SMILES string of the molecule is N#Cc1cccc(Cn2ccnc2C=O)c1. The lowest BCUT2D eigenvalue weighted by molar-refractivity contribution is 0.111. The number of aromatic nitrogens is 2. The summed E-state index contributed by atoms with van der Waals surface area (Å²) in [6, 6.07) is 9.37. The largest absolute Gasteiger partial charge is 0.324 e. The number of aldehydes is 1. The maximum Gasteiger partial charge on any atom is 0.185 e. The molecule has 0 atom stereocenters. The van der Waals surface area contributed by atoms with Crippen molar-refractivity contribution in [3.63, 3.8) is 0 Å². The molecular formula is C12H9N3O. The van der Waals surface area contributed by atoms with Crippen LogP contribution in [0.3, 0.4) is 0 Å². The summed E-state index contributed by atoms with van der Waals surface area (Å²) in [6.07, 6.45) is 4.04. The maximum atomic E-state index is 10.7. The second-order valence-electron chi connectivity index (χ2n) is 3.34. The Bertz CT molecular complexity index is 551. The van der Waals surface area contributed by atoms with E-state index in [2.05, 4.69) is 11.1 Å². The van der Waals surface area contributed by atoms with Crippen LogP contribution in [-0.2, 0) is 6.54 Å². The molecule has 0 N–H and O–H groups in total. The van der Waals surface area contributed by atoms with Crippen molar-refractivity contribution >= 4 is 6.29 Å². The standard InChI is InChI=1S/C12H9N3O/c13-7-10-2-1-3-11(6-10)8-15-5-4-14-12(15)9-16/h1-6,9H,8H2. The van der Waals surface area contributed by atoms with Crippen LogP contribution in [0.5, 0.6) is 0 Å². The first kappa shape index (κ1) is 10.1. The molecule has 1 aromatic heterocycles. The van der Waals surface area contributed by atoms with E-state index in [4.69, 9.17) is 5.26 Å². The summed E-state index contributed by atoms with van der Waals surface area (Å²) < 4.78 is 1.74. The van der Waals surface area contributed by atoms with Crippen molar-refractivity contribution in [2.75, 3.05) is 0 Å². The maximum absolute atomic E-state index is 10.7. The molecule has 1 aromatic carbocycles. The molecule has 16 heavy (non-hydrogen) atoms. The third kappa shape index (κ3) is 1.98. The fourth-order valence-electron chi connectivity index (χ4n) is 1.51. The molecule has 0 saturated heterocycles. The van der Waals surface area contributed by atoms with Gasteiger partial charge >= 0.3 is 0 Å². The number of benzene rings is 1. The van der Waals surface area contributed by atoms with Gasteiger partial charge in [0.25, 0.3) is 0 Å². The zero-order valence-electron chi connectivity index (χ0n) is 8.50. The number of hydrogen-bond donors (Lipinski definition) is 0. The summed E-state index contributed by atoms with van der Waals surface area (Å²) in [5, 5.41) is 8.76. The van der Waals surface area contributed by atoms with Crippen molar-refractivity contribution in [1.29, 1.82) is 5.26 Å². The Morgan fingerprint density at radius 3 is 3.12 bits per heavy atom. The lowest BCUT2D eigenvalue weighted by Gasteiger charge is -2.04. The van der Waals surface area contributed by atoms with Gasteiger partial charge in [0.05, 0.1) is 11.6 Å². The van der Waals surface area contributed by atoms with Gasteiger partial charge in [-0.3, -0.25) is 4.79 Å². The minimum Gasteiger partial charge on any atom is -0.324 e. The molecule has 0 fully saturated rings. The summed E-state index contributed by atoms with van der Waals surface area (Å²) in [7, 11) is 0. The van der Waals surface area contributed by atoms with E-state index in [9.17, 15) is 4.79 Å². The molecule has 0 spiro atoms. The molecule has 2 rings (SSSR count). The van der Waals surface area contributed by atoms with Crippen molar-refractivity contribution in [3.8, 4) is 6.07 Å². The molecule has 4 nitrogen and oxygen atoms in total. The van der Waals surface area contributed by atoms with Crippen LogP contribution < -0.4 is 0 Å². The molecule has 0 unspecified atom stereocenters. The lowest BCUT2D eigenvalue weighted by Crippen LogP contribution is -2.03. The molecule has 0 aliphatic rings. The van der Waals surface area contributed by atoms with E-state index in [1.165, 1.54) is 0 Å². The van der Waals surface area contributed by atoms with Gasteiger partial charge in [-0.2, -0.15) is 5.26 Å². The fourth-order valence-corrected chi connectivity index (χ4v) is 1.51. The topological polar surface area (TPSA) is 58.7 Å². The van der Waals surface area contributed by atoms with E-state index in [1.54, 1.807) is 29.1 Å². The smallest absolute Gasteiger partial charge is 0.185 e. The first-order chi connectivity index (χ1) is 7.83. The first-order valence-corrected chi connectivity index (χ1v) is 4.79. The first-order valence-electron chi connectivity index (χ1n) is 4.79. The predicted octanol–water partition coefficient (Wildman–Crippen LogP) is 1.62. The minimum atomic E-state index is 0.391. The van der Waals surface area contributed by atoms with Gasteiger partial charge in [0.15, 0.2) is 12.1 Å². The van der Waals surface area contributed by atoms with Crippen LogP contribution in [0, 0.1) is 11.3 Å². The summed E-state index contributed by atoms with van der Waals surface area (Å²) in [4.78, 5) is 14.6. The summed E-state index contributed by atoms with van der Waals surface area (Å²) in [5.74, 6) is 0.391. The molecule has 2 aromatic rings. The molecule has 0 saturated carbocycles. The van der Waals surface area contributed by atoms with Crippen LogP contribution >= 0.6 is 0 Å². The normalized spacial score (nSPS) is 9.69. The zero-order chi connectivity index (χ0) is 11.4. The third-order valence-electron chi connectivity index (χ3n) is 2.26. The highest BCUT2D eigenvalue weighted by Crippen LogP contribution is 2.07. The Kier molecular flexibility index (Phi) is 2.79. The summed E-state index contributed by atoms with van der Waals surface area (Å²) in [6.45, 7) is 0.545. The Morgan fingerprint density at radius 1 is 1.50 bits per heavy atom. The molecule has 0 radical (unpaired) electrons. The van der Waals surface area contributed by atoms with Gasteiger partial charge in [-0.1, -0.05) is 12.1 Å². The van der Waals surface area contributed by atoms with E-state index in [0.717, 1.165) is 5.56 Å². The van der Waals surface area contributed by atoms with Gasteiger partial charge in [-0.05, 0) is 17.7 Å². The number of nitrogens with zero attached hydrogens (tertiary/aromatic N) is 3. The quantitative estimate of drug-likeness (QED) is 0.725. The molecule has 0 amide bonds. The van der Waals surface area contributed by atoms with Gasteiger partial charge in [-0.15, -0.1) is 0 Å².